The summed E-state index contributed by atoms with van der Waals surface area (Å²) in [4.78, 5) is 0. The number of hydrogen-bond donors (Lipinski definition) is 0. The van der Waals surface area contributed by atoms with E-state index in [4.69, 9.17) is 23.7 Å². The number of halogens is 1. The Balaban J connectivity index is 0.00000205. The molecule has 1 aliphatic heterocycles. The van der Waals surface area contributed by atoms with Gasteiger partial charge in [-0.2, -0.15) is 4.57 Å². The summed E-state index contributed by atoms with van der Waals surface area (Å²) in [7, 11) is 6.91. The molecule has 0 aliphatic carbocycles. The van der Waals surface area contributed by atoms with Crippen LogP contribution in [0.15, 0.2) is 36.5 Å². The first kappa shape index (κ1) is 19.2. The second-order valence-electron chi connectivity index (χ2n) is 6.73. The summed E-state index contributed by atoms with van der Waals surface area (Å²) in [6.45, 7) is 0.257. The molecule has 0 unspecified atom stereocenters. The predicted octanol–water partition coefficient (Wildman–Crippen LogP) is 0.729. The Morgan fingerprint density at radius 3 is 2.21 bits per heavy atom. The SMILES string of the molecule is COc1cc2c(c[n+](C)c3c4cc5c(cc4ccc23)OCO5)c(OC)c1OC.[Cl-]. The van der Waals surface area contributed by atoms with Crippen molar-refractivity contribution in [2.45, 2.75) is 0 Å². The smallest absolute Gasteiger partial charge is 0.231 e. The summed E-state index contributed by atoms with van der Waals surface area (Å²) in [6, 6.07) is 10.3. The summed E-state index contributed by atoms with van der Waals surface area (Å²) < 4.78 is 30.0. The molecule has 0 bridgehead atoms. The number of benzene rings is 3. The van der Waals surface area contributed by atoms with Crippen LogP contribution in [0.2, 0.25) is 0 Å². The van der Waals surface area contributed by atoms with Gasteiger partial charge in [-0.05, 0) is 29.7 Å². The van der Waals surface area contributed by atoms with Gasteiger partial charge in [0, 0.05) is 5.39 Å². The van der Waals surface area contributed by atoms with Crippen LogP contribution in [0.5, 0.6) is 28.7 Å². The lowest BCUT2D eigenvalue weighted by molar-refractivity contribution is -0.642. The highest BCUT2D eigenvalue weighted by Gasteiger charge is 2.24. The van der Waals surface area contributed by atoms with Crippen molar-refractivity contribution in [3.05, 3.63) is 36.5 Å². The first-order valence-electron chi connectivity index (χ1n) is 8.93. The largest absolute Gasteiger partial charge is 1.00 e. The van der Waals surface area contributed by atoms with Crippen molar-refractivity contribution < 1.29 is 40.7 Å². The molecule has 0 spiro atoms. The van der Waals surface area contributed by atoms with Crippen LogP contribution in [-0.4, -0.2) is 28.1 Å². The van der Waals surface area contributed by atoms with Gasteiger partial charge in [0.05, 0.1) is 37.5 Å². The summed E-state index contributed by atoms with van der Waals surface area (Å²) in [5.41, 5.74) is 1.09. The molecule has 0 radical (unpaired) electrons. The molecule has 5 rings (SSSR count). The van der Waals surface area contributed by atoms with Crippen LogP contribution < -0.4 is 40.7 Å². The van der Waals surface area contributed by atoms with Crippen LogP contribution in [-0.2, 0) is 7.05 Å². The average molecular weight is 414 g/mol. The van der Waals surface area contributed by atoms with Crippen LogP contribution in [0, 0.1) is 0 Å². The number of aryl methyl sites for hydroxylation is 1. The van der Waals surface area contributed by atoms with Crippen molar-refractivity contribution in [2.75, 3.05) is 28.1 Å². The topological polar surface area (TPSA) is 50.0 Å². The maximum atomic E-state index is 5.69. The average Bonchev–Trinajstić information content (AvgIpc) is 3.17. The monoisotopic (exact) mass is 413 g/mol. The molecule has 0 atom stereocenters. The van der Waals surface area contributed by atoms with E-state index in [2.05, 4.69) is 22.9 Å². The fourth-order valence-electron chi connectivity index (χ4n) is 4.08. The van der Waals surface area contributed by atoms with Gasteiger partial charge >= 0.3 is 0 Å². The molecule has 2 heterocycles. The molecule has 7 heteroatoms. The summed E-state index contributed by atoms with van der Waals surface area (Å²) in [5.74, 6) is 3.42. The van der Waals surface area contributed by atoms with Crippen molar-refractivity contribution in [3.8, 4) is 28.7 Å². The number of rotatable bonds is 3. The fourth-order valence-corrected chi connectivity index (χ4v) is 4.08. The van der Waals surface area contributed by atoms with E-state index in [0.29, 0.717) is 17.2 Å². The second kappa shape index (κ2) is 7.04. The molecule has 0 fully saturated rings. The van der Waals surface area contributed by atoms with Gasteiger partial charge in [-0.15, -0.1) is 0 Å². The van der Waals surface area contributed by atoms with Gasteiger partial charge in [0.25, 0.3) is 0 Å². The van der Waals surface area contributed by atoms with Gasteiger partial charge in [0.2, 0.25) is 18.1 Å². The zero-order valence-electron chi connectivity index (χ0n) is 16.5. The Kier molecular flexibility index (Phi) is 4.67. The molecule has 0 saturated heterocycles. The Morgan fingerprint density at radius 2 is 1.52 bits per heavy atom. The molecule has 6 nitrogen and oxygen atoms in total. The number of methoxy groups -OCH3 is 3. The van der Waals surface area contributed by atoms with Crippen LogP contribution in [0.25, 0.3) is 32.4 Å². The first-order chi connectivity index (χ1) is 13.7. The Labute approximate surface area is 173 Å². The number of fused-ring (bicyclic) bond motifs is 6. The van der Waals surface area contributed by atoms with Crippen molar-refractivity contribution in [3.63, 3.8) is 0 Å². The number of nitrogens with zero attached hydrogens (tertiary/aromatic N) is 1. The standard InChI is InChI=1S/C22H20NO5.ClH/c1-23-10-16-15(9-19(24-2)22(26-4)21(16)25-3)13-6-5-12-7-17-18(28-11-27-17)8-14(12)20(13)23;/h5-10H,11H2,1-4H3;1H/q+1;/p-1. The van der Waals surface area contributed by atoms with E-state index >= 15 is 0 Å². The highest BCUT2D eigenvalue weighted by atomic mass is 35.5. The Bertz CT molecular complexity index is 1270. The molecule has 0 N–H and O–H groups in total. The lowest BCUT2D eigenvalue weighted by Crippen LogP contribution is -3.00. The molecule has 29 heavy (non-hydrogen) atoms. The van der Waals surface area contributed by atoms with Gasteiger partial charge in [-0.3, -0.25) is 0 Å². The number of hydrogen-bond acceptors (Lipinski definition) is 5. The molecule has 0 saturated carbocycles. The summed E-state index contributed by atoms with van der Waals surface area (Å²) in [5, 5.41) is 5.27. The van der Waals surface area contributed by atoms with Crippen LogP contribution in [0.3, 0.4) is 0 Å². The summed E-state index contributed by atoms with van der Waals surface area (Å²) in [6.07, 6.45) is 2.06. The zero-order valence-corrected chi connectivity index (χ0v) is 17.3. The minimum atomic E-state index is 0. The third-order valence-corrected chi connectivity index (χ3v) is 5.32. The molecule has 3 aromatic carbocycles. The highest BCUT2D eigenvalue weighted by Crippen LogP contribution is 2.45. The van der Waals surface area contributed by atoms with Gasteiger partial charge in [-0.25, -0.2) is 0 Å². The maximum Gasteiger partial charge on any atom is 0.231 e. The van der Waals surface area contributed by atoms with Crippen LogP contribution in [0.4, 0.5) is 0 Å². The van der Waals surface area contributed by atoms with E-state index in [1.165, 1.54) is 0 Å². The van der Waals surface area contributed by atoms with Crippen molar-refractivity contribution in [2.24, 2.45) is 7.05 Å². The van der Waals surface area contributed by atoms with Gasteiger partial charge in [-0.1, -0.05) is 6.07 Å². The predicted molar refractivity (Wildman–Crippen MR) is 106 cm³/mol. The molecule has 0 amide bonds. The number of aromatic nitrogens is 1. The van der Waals surface area contributed by atoms with Gasteiger partial charge in [0.15, 0.2) is 29.2 Å². The van der Waals surface area contributed by atoms with Crippen LogP contribution >= 0.6 is 0 Å². The van der Waals surface area contributed by atoms with Crippen molar-refractivity contribution >= 4 is 32.4 Å². The number of pyridine rings is 1. The molecular weight excluding hydrogens is 394 g/mol. The van der Waals surface area contributed by atoms with E-state index in [0.717, 1.165) is 43.9 Å². The lowest BCUT2D eigenvalue weighted by Gasteiger charge is -2.15. The minimum absolute atomic E-state index is 0. The maximum absolute atomic E-state index is 5.69. The second-order valence-corrected chi connectivity index (χ2v) is 6.73. The molecule has 150 valence electrons. The van der Waals surface area contributed by atoms with Crippen molar-refractivity contribution in [1.29, 1.82) is 0 Å². The third-order valence-electron chi connectivity index (χ3n) is 5.32. The van der Waals surface area contributed by atoms with Gasteiger partial charge in [0.1, 0.15) is 7.05 Å². The molecule has 1 aromatic heterocycles. The fraction of sp³-hybridized carbons (Fsp3) is 0.227. The summed E-state index contributed by atoms with van der Waals surface area (Å²) >= 11 is 0. The third kappa shape index (κ3) is 2.67. The lowest BCUT2D eigenvalue weighted by atomic mass is 9.99. The number of ether oxygens (including phenoxy) is 5. The molecule has 1 aliphatic rings. The van der Waals surface area contributed by atoms with Gasteiger partial charge < -0.3 is 36.1 Å². The van der Waals surface area contributed by atoms with E-state index in [9.17, 15) is 0 Å². The van der Waals surface area contributed by atoms with Crippen molar-refractivity contribution in [1.82, 2.24) is 0 Å². The van der Waals surface area contributed by atoms with E-state index < -0.39 is 0 Å². The van der Waals surface area contributed by atoms with E-state index in [1.54, 1.807) is 21.3 Å². The molecular formula is C22H20ClNO5. The quantitative estimate of drug-likeness (QED) is 0.366. The van der Waals surface area contributed by atoms with Crippen LogP contribution in [0.1, 0.15) is 0 Å². The first-order valence-corrected chi connectivity index (χ1v) is 8.93. The Morgan fingerprint density at radius 1 is 0.793 bits per heavy atom. The highest BCUT2D eigenvalue weighted by molar-refractivity contribution is 6.15. The normalized spacial score (nSPS) is 12.3. The van der Waals surface area contributed by atoms with E-state index in [-0.39, 0.29) is 19.2 Å². The zero-order chi connectivity index (χ0) is 19.4. The van der Waals surface area contributed by atoms with E-state index in [1.807, 2.05) is 25.2 Å². The Hall–Kier alpha value is -3.12. The molecule has 4 aromatic rings. The minimum Gasteiger partial charge on any atom is -1.00 e.